The van der Waals surface area contributed by atoms with E-state index in [1.807, 2.05) is 18.2 Å². The molecule has 0 amide bonds. The summed E-state index contributed by atoms with van der Waals surface area (Å²) in [5, 5.41) is 8.75. The first-order chi connectivity index (χ1) is 6.69. The molecule has 1 aromatic rings. The molecule has 74 valence electrons. The first-order valence-electron chi connectivity index (χ1n) is 4.94. The second kappa shape index (κ2) is 4.78. The molecule has 0 radical (unpaired) electrons. The molecule has 0 saturated carbocycles. The summed E-state index contributed by atoms with van der Waals surface area (Å²) in [6, 6.07) is 9.70. The Bertz CT molecular complexity index is 338. The Labute approximate surface area is 85.4 Å². The number of nitrogens with zero attached hydrogens (tertiary/aromatic N) is 1. The molecule has 0 fully saturated rings. The molecule has 0 aliphatic heterocycles. The Morgan fingerprint density at radius 1 is 1.50 bits per heavy atom. The van der Waals surface area contributed by atoms with E-state index in [1.165, 1.54) is 0 Å². The minimum absolute atomic E-state index is 0.0355. The summed E-state index contributed by atoms with van der Waals surface area (Å²) in [5.74, 6) is 0.448. The molecule has 1 rings (SSSR count). The van der Waals surface area contributed by atoms with Crippen molar-refractivity contribution in [2.24, 2.45) is 11.7 Å². The summed E-state index contributed by atoms with van der Waals surface area (Å²) >= 11 is 0. The van der Waals surface area contributed by atoms with E-state index >= 15 is 0 Å². The van der Waals surface area contributed by atoms with Crippen LogP contribution < -0.4 is 5.73 Å². The lowest BCUT2D eigenvalue weighted by molar-refractivity contribution is 0.457. The molecule has 14 heavy (non-hydrogen) atoms. The fourth-order valence-electron chi connectivity index (χ4n) is 1.40. The van der Waals surface area contributed by atoms with Crippen molar-refractivity contribution in [2.75, 3.05) is 0 Å². The van der Waals surface area contributed by atoms with Gasteiger partial charge in [-0.2, -0.15) is 5.26 Å². The highest BCUT2D eigenvalue weighted by Crippen LogP contribution is 2.22. The lowest BCUT2D eigenvalue weighted by Crippen LogP contribution is -2.18. The van der Waals surface area contributed by atoms with Gasteiger partial charge in [0.05, 0.1) is 11.6 Å². The maximum Gasteiger partial charge on any atom is 0.0991 e. The Morgan fingerprint density at radius 3 is 2.79 bits per heavy atom. The molecule has 0 heterocycles. The van der Waals surface area contributed by atoms with Crippen molar-refractivity contribution in [3.05, 3.63) is 35.4 Å². The monoisotopic (exact) mass is 188 g/mol. The molecule has 2 nitrogen and oxygen atoms in total. The smallest absolute Gasteiger partial charge is 0.0991 e. The lowest BCUT2D eigenvalue weighted by Gasteiger charge is -2.18. The molecular formula is C12H16N2. The van der Waals surface area contributed by atoms with Gasteiger partial charge in [-0.15, -0.1) is 0 Å². The van der Waals surface area contributed by atoms with Crippen LogP contribution in [0.1, 0.15) is 37.4 Å². The third-order valence-electron chi connectivity index (χ3n) is 2.66. The normalized spacial score (nSPS) is 14.4. The van der Waals surface area contributed by atoms with Gasteiger partial charge in [0.15, 0.2) is 0 Å². The predicted octanol–water partition coefficient (Wildman–Crippen LogP) is 2.60. The van der Waals surface area contributed by atoms with Gasteiger partial charge in [0, 0.05) is 6.04 Å². The van der Waals surface area contributed by atoms with E-state index in [9.17, 15) is 0 Å². The van der Waals surface area contributed by atoms with Crippen LogP contribution in [0.2, 0.25) is 0 Å². The van der Waals surface area contributed by atoms with Crippen LogP contribution in [-0.2, 0) is 0 Å². The van der Waals surface area contributed by atoms with Crippen molar-refractivity contribution in [3.63, 3.8) is 0 Å². The van der Waals surface area contributed by atoms with Crippen molar-refractivity contribution in [1.29, 1.82) is 5.26 Å². The zero-order chi connectivity index (χ0) is 10.6. The minimum Gasteiger partial charge on any atom is -0.324 e. The van der Waals surface area contributed by atoms with Crippen LogP contribution in [0.5, 0.6) is 0 Å². The number of rotatable bonds is 3. The van der Waals surface area contributed by atoms with Crippen molar-refractivity contribution in [2.45, 2.75) is 26.3 Å². The Hall–Kier alpha value is -1.33. The molecule has 2 heteroatoms. The summed E-state index contributed by atoms with van der Waals surface area (Å²) < 4.78 is 0. The molecular weight excluding hydrogens is 172 g/mol. The predicted molar refractivity (Wildman–Crippen MR) is 57.5 cm³/mol. The molecule has 0 bridgehead atoms. The Morgan fingerprint density at radius 2 is 2.21 bits per heavy atom. The molecule has 0 saturated heterocycles. The topological polar surface area (TPSA) is 49.8 Å². The van der Waals surface area contributed by atoms with Crippen molar-refractivity contribution in [1.82, 2.24) is 0 Å². The summed E-state index contributed by atoms with van der Waals surface area (Å²) in [5.41, 5.74) is 7.80. The zero-order valence-electron chi connectivity index (χ0n) is 8.70. The summed E-state index contributed by atoms with van der Waals surface area (Å²) in [6.45, 7) is 4.25. The average Bonchev–Trinajstić information content (AvgIpc) is 2.27. The highest BCUT2D eigenvalue weighted by atomic mass is 14.6. The van der Waals surface area contributed by atoms with Crippen LogP contribution in [0, 0.1) is 17.2 Å². The van der Waals surface area contributed by atoms with Crippen LogP contribution in [0.15, 0.2) is 24.3 Å². The number of hydrogen-bond donors (Lipinski definition) is 1. The van der Waals surface area contributed by atoms with Crippen LogP contribution in [-0.4, -0.2) is 0 Å². The van der Waals surface area contributed by atoms with E-state index in [0.29, 0.717) is 11.5 Å². The zero-order valence-corrected chi connectivity index (χ0v) is 8.70. The van der Waals surface area contributed by atoms with Gasteiger partial charge >= 0.3 is 0 Å². The van der Waals surface area contributed by atoms with Gasteiger partial charge in [-0.1, -0.05) is 32.4 Å². The Kier molecular flexibility index (Phi) is 3.67. The molecule has 0 spiro atoms. The van der Waals surface area contributed by atoms with E-state index in [2.05, 4.69) is 19.9 Å². The fraction of sp³-hybridized carbons (Fsp3) is 0.417. The third kappa shape index (κ3) is 2.34. The SMILES string of the molecule is CCC(C)[C@H](N)c1cccc(C#N)c1. The van der Waals surface area contributed by atoms with E-state index in [4.69, 9.17) is 11.0 Å². The maximum atomic E-state index is 8.75. The minimum atomic E-state index is 0.0355. The van der Waals surface area contributed by atoms with Gasteiger partial charge in [0.1, 0.15) is 0 Å². The highest BCUT2D eigenvalue weighted by Gasteiger charge is 2.12. The van der Waals surface area contributed by atoms with Crippen molar-refractivity contribution < 1.29 is 0 Å². The lowest BCUT2D eigenvalue weighted by atomic mass is 9.92. The van der Waals surface area contributed by atoms with Gasteiger partial charge in [0.25, 0.3) is 0 Å². The molecule has 2 N–H and O–H groups in total. The second-order valence-corrected chi connectivity index (χ2v) is 3.65. The van der Waals surface area contributed by atoms with Crippen LogP contribution >= 0.6 is 0 Å². The standard InChI is InChI=1S/C12H16N2/c1-3-9(2)12(14)11-6-4-5-10(7-11)8-13/h4-7,9,12H,3,14H2,1-2H3/t9?,12-/m0/s1. The van der Waals surface area contributed by atoms with Gasteiger partial charge in [-0.25, -0.2) is 0 Å². The Balaban J connectivity index is 2.91. The first-order valence-corrected chi connectivity index (χ1v) is 4.94. The molecule has 0 aliphatic rings. The third-order valence-corrected chi connectivity index (χ3v) is 2.66. The van der Waals surface area contributed by atoms with E-state index in [-0.39, 0.29) is 6.04 Å². The quantitative estimate of drug-likeness (QED) is 0.792. The maximum absolute atomic E-state index is 8.75. The fourth-order valence-corrected chi connectivity index (χ4v) is 1.40. The van der Waals surface area contributed by atoms with E-state index in [0.717, 1.165) is 12.0 Å². The first kappa shape index (κ1) is 10.7. The van der Waals surface area contributed by atoms with E-state index in [1.54, 1.807) is 6.07 Å². The van der Waals surface area contributed by atoms with Crippen LogP contribution in [0.3, 0.4) is 0 Å². The summed E-state index contributed by atoms with van der Waals surface area (Å²) in [6.07, 6.45) is 1.05. The van der Waals surface area contributed by atoms with Gasteiger partial charge in [-0.3, -0.25) is 0 Å². The molecule has 1 aromatic carbocycles. The van der Waals surface area contributed by atoms with E-state index < -0.39 is 0 Å². The second-order valence-electron chi connectivity index (χ2n) is 3.65. The largest absolute Gasteiger partial charge is 0.324 e. The van der Waals surface area contributed by atoms with Gasteiger partial charge < -0.3 is 5.73 Å². The molecule has 2 atom stereocenters. The number of nitriles is 1. The average molecular weight is 188 g/mol. The molecule has 1 unspecified atom stereocenters. The van der Waals surface area contributed by atoms with Crippen molar-refractivity contribution in [3.8, 4) is 6.07 Å². The number of nitrogens with two attached hydrogens (primary N) is 1. The highest BCUT2D eigenvalue weighted by molar-refractivity contribution is 5.34. The van der Waals surface area contributed by atoms with Crippen LogP contribution in [0.4, 0.5) is 0 Å². The van der Waals surface area contributed by atoms with Crippen LogP contribution in [0.25, 0.3) is 0 Å². The van der Waals surface area contributed by atoms with Gasteiger partial charge in [-0.05, 0) is 23.6 Å². The number of hydrogen-bond acceptors (Lipinski definition) is 2. The number of benzene rings is 1. The summed E-state index contributed by atoms with van der Waals surface area (Å²) in [4.78, 5) is 0. The summed E-state index contributed by atoms with van der Waals surface area (Å²) in [7, 11) is 0. The van der Waals surface area contributed by atoms with Gasteiger partial charge in [0.2, 0.25) is 0 Å². The van der Waals surface area contributed by atoms with Crippen molar-refractivity contribution >= 4 is 0 Å². The molecule has 0 aromatic heterocycles. The molecule has 0 aliphatic carbocycles.